The molecule has 2 aromatic rings. The number of hydrogen-bond donors (Lipinski definition) is 0. The van der Waals surface area contributed by atoms with Gasteiger partial charge in [0.25, 0.3) is 0 Å². The van der Waals surface area contributed by atoms with Crippen LogP contribution in [0.5, 0.6) is 5.75 Å². The molecule has 0 aliphatic rings. The Morgan fingerprint density at radius 2 is 1.63 bits per heavy atom. The molecule has 0 aliphatic carbocycles. The maximum Gasteiger partial charge on any atom is 0.118 e. The number of methoxy groups -OCH3 is 1. The van der Waals surface area contributed by atoms with Crippen molar-refractivity contribution >= 4 is 12.2 Å². The lowest BCUT2D eigenvalue weighted by Gasteiger charge is -1.98. The van der Waals surface area contributed by atoms with Gasteiger partial charge in [0.1, 0.15) is 5.75 Å². The highest BCUT2D eigenvalue weighted by atomic mass is 16.5. The number of ether oxygens (including phenoxy) is 1. The highest BCUT2D eigenvalue weighted by Gasteiger charge is 1.92. The van der Waals surface area contributed by atoms with Crippen LogP contribution in [0.4, 0.5) is 0 Å². The van der Waals surface area contributed by atoms with Gasteiger partial charge in [-0.15, -0.1) is 0 Å². The van der Waals surface area contributed by atoms with Gasteiger partial charge in [0.2, 0.25) is 0 Å². The van der Waals surface area contributed by atoms with Crippen molar-refractivity contribution in [1.29, 1.82) is 0 Å². The topological polar surface area (TPSA) is 35.0 Å². The summed E-state index contributed by atoms with van der Waals surface area (Å²) in [5, 5.41) is 0. The lowest BCUT2D eigenvalue weighted by molar-refractivity contribution is 0.415. The summed E-state index contributed by atoms with van der Waals surface area (Å²) in [4.78, 5) is 8.43. The third-order valence-electron chi connectivity index (χ3n) is 2.69. The third kappa shape index (κ3) is 3.78. The first-order chi connectivity index (χ1) is 9.29. The molecule has 0 spiro atoms. The molecule has 1 aromatic carbocycles. The maximum atomic E-state index is 5.11. The van der Waals surface area contributed by atoms with Crippen LogP contribution < -0.4 is 4.74 Å². The highest BCUT2D eigenvalue weighted by Crippen LogP contribution is 2.12. The SMILES string of the molecule is COc1ccc(/C=C/C=C\c2nccnc2C)cc1. The Kier molecular flexibility index (Phi) is 4.45. The fourth-order valence-electron chi connectivity index (χ4n) is 1.61. The summed E-state index contributed by atoms with van der Waals surface area (Å²) in [7, 11) is 1.66. The second kappa shape index (κ2) is 6.50. The number of nitrogens with zero attached hydrogens (tertiary/aromatic N) is 2. The van der Waals surface area contributed by atoms with Crippen LogP contribution in [0.2, 0.25) is 0 Å². The first-order valence-electron chi connectivity index (χ1n) is 6.06. The smallest absolute Gasteiger partial charge is 0.118 e. The summed E-state index contributed by atoms with van der Waals surface area (Å²) in [6.07, 6.45) is 11.3. The zero-order valence-electron chi connectivity index (χ0n) is 11.1. The van der Waals surface area contributed by atoms with Crippen LogP contribution in [-0.2, 0) is 0 Å². The van der Waals surface area contributed by atoms with Crippen LogP contribution in [0.3, 0.4) is 0 Å². The standard InChI is InChI=1S/C16H16N2O/c1-13-16(18-12-11-17-13)6-4-3-5-14-7-9-15(19-2)10-8-14/h3-12H,1-2H3/b5-3+,6-4-. The van der Waals surface area contributed by atoms with E-state index in [1.807, 2.05) is 55.5 Å². The van der Waals surface area contributed by atoms with Gasteiger partial charge in [-0.2, -0.15) is 0 Å². The summed E-state index contributed by atoms with van der Waals surface area (Å²) >= 11 is 0. The predicted octanol–water partition coefficient (Wildman–Crippen LogP) is 3.52. The van der Waals surface area contributed by atoms with Crippen molar-refractivity contribution in [1.82, 2.24) is 9.97 Å². The summed E-state index contributed by atoms with van der Waals surface area (Å²) in [5.41, 5.74) is 2.94. The third-order valence-corrected chi connectivity index (χ3v) is 2.69. The minimum atomic E-state index is 0.864. The lowest BCUT2D eigenvalue weighted by Crippen LogP contribution is -1.88. The Morgan fingerprint density at radius 1 is 0.947 bits per heavy atom. The van der Waals surface area contributed by atoms with Crippen LogP contribution in [0.1, 0.15) is 17.0 Å². The molecule has 3 nitrogen and oxygen atoms in total. The Morgan fingerprint density at radius 3 is 2.32 bits per heavy atom. The van der Waals surface area contributed by atoms with Crippen molar-refractivity contribution in [2.24, 2.45) is 0 Å². The number of hydrogen-bond acceptors (Lipinski definition) is 3. The average molecular weight is 252 g/mol. The van der Waals surface area contributed by atoms with Crippen LogP contribution in [-0.4, -0.2) is 17.1 Å². The minimum absolute atomic E-state index is 0.864. The summed E-state index contributed by atoms with van der Waals surface area (Å²) in [5.74, 6) is 0.864. The number of allylic oxidation sites excluding steroid dienone is 2. The molecular weight excluding hydrogens is 236 g/mol. The van der Waals surface area contributed by atoms with E-state index in [2.05, 4.69) is 9.97 Å². The Balaban J connectivity index is 2.01. The van der Waals surface area contributed by atoms with Gasteiger partial charge in [0, 0.05) is 12.4 Å². The van der Waals surface area contributed by atoms with Crippen molar-refractivity contribution in [3.8, 4) is 5.75 Å². The van der Waals surface area contributed by atoms with Gasteiger partial charge >= 0.3 is 0 Å². The fourth-order valence-corrected chi connectivity index (χ4v) is 1.61. The number of benzene rings is 1. The Bertz CT molecular complexity index is 586. The van der Waals surface area contributed by atoms with Gasteiger partial charge in [-0.3, -0.25) is 9.97 Å². The summed E-state index contributed by atoms with van der Waals surface area (Å²) in [6.45, 7) is 1.94. The molecule has 0 saturated carbocycles. The zero-order valence-corrected chi connectivity index (χ0v) is 11.1. The molecule has 0 bridgehead atoms. The molecule has 0 N–H and O–H groups in total. The molecule has 0 radical (unpaired) electrons. The molecule has 0 amide bonds. The zero-order chi connectivity index (χ0) is 13.5. The average Bonchev–Trinajstić information content (AvgIpc) is 2.46. The lowest BCUT2D eigenvalue weighted by atomic mass is 10.2. The van der Waals surface area contributed by atoms with E-state index in [0.717, 1.165) is 22.7 Å². The molecule has 1 heterocycles. The van der Waals surface area contributed by atoms with Crippen LogP contribution in [0.15, 0.2) is 48.8 Å². The predicted molar refractivity (Wildman–Crippen MR) is 77.8 cm³/mol. The molecule has 1 aromatic heterocycles. The van der Waals surface area contributed by atoms with E-state index in [4.69, 9.17) is 4.74 Å². The van der Waals surface area contributed by atoms with E-state index in [-0.39, 0.29) is 0 Å². The van der Waals surface area contributed by atoms with Crippen molar-refractivity contribution in [2.45, 2.75) is 6.92 Å². The molecule has 0 aliphatic heterocycles. The quantitative estimate of drug-likeness (QED) is 0.781. The molecule has 0 atom stereocenters. The number of rotatable bonds is 4. The number of aromatic nitrogens is 2. The molecular formula is C16H16N2O. The second-order valence-corrected chi connectivity index (χ2v) is 4.02. The van der Waals surface area contributed by atoms with E-state index in [9.17, 15) is 0 Å². The van der Waals surface area contributed by atoms with E-state index >= 15 is 0 Å². The molecule has 2 rings (SSSR count). The molecule has 96 valence electrons. The van der Waals surface area contributed by atoms with E-state index in [0.29, 0.717) is 0 Å². The van der Waals surface area contributed by atoms with Crippen LogP contribution in [0, 0.1) is 6.92 Å². The Labute approximate surface area is 113 Å². The molecule has 0 saturated heterocycles. The number of aryl methyl sites for hydroxylation is 1. The van der Waals surface area contributed by atoms with Gasteiger partial charge in [0.05, 0.1) is 18.5 Å². The van der Waals surface area contributed by atoms with E-state index < -0.39 is 0 Å². The van der Waals surface area contributed by atoms with Crippen molar-refractivity contribution in [2.75, 3.05) is 7.11 Å². The first kappa shape index (κ1) is 13.0. The Hall–Kier alpha value is -2.42. The van der Waals surface area contributed by atoms with Gasteiger partial charge in [-0.05, 0) is 30.7 Å². The van der Waals surface area contributed by atoms with Crippen LogP contribution in [0.25, 0.3) is 12.2 Å². The second-order valence-electron chi connectivity index (χ2n) is 4.02. The maximum absolute atomic E-state index is 5.11. The van der Waals surface area contributed by atoms with Gasteiger partial charge in [-0.25, -0.2) is 0 Å². The normalized spacial score (nSPS) is 11.3. The van der Waals surface area contributed by atoms with E-state index in [1.54, 1.807) is 19.5 Å². The molecule has 0 unspecified atom stereocenters. The van der Waals surface area contributed by atoms with Crippen molar-refractivity contribution in [3.63, 3.8) is 0 Å². The van der Waals surface area contributed by atoms with Crippen molar-refractivity contribution in [3.05, 3.63) is 65.8 Å². The summed E-state index contributed by atoms with van der Waals surface area (Å²) in [6, 6.07) is 7.90. The first-order valence-corrected chi connectivity index (χ1v) is 6.06. The monoisotopic (exact) mass is 252 g/mol. The highest BCUT2D eigenvalue weighted by molar-refractivity contribution is 5.56. The largest absolute Gasteiger partial charge is 0.497 e. The van der Waals surface area contributed by atoms with Gasteiger partial charge < -0.3 is 4.74 Å². The van der Waals surface area contributed by atoms with E-state index in [1.165, 1.54) is 0 Å². The molecule has 19 heavy (non-hydrogen) atoms. The minimum Gasteiger partial charge on any atom is -0.497 e. The van der Waals surface area contributed by atoms with Gasteiger partial charge in [-0.1, -0.05) is 30.4 Å². The molecule has 3 heteroatoms. The molecule has 0 fully saturated rings. The van der Waals surface area contributed by atoms with Crippen molar-refractivity contribution < 1.29 is 4.74 Å². The van der Waals surface area contributed by atoms with Crippen LogP contribution >= 0.6 is 0 Å². The summed E-state index contributed by atoms with van der Waals surface area (Å²) < 4.78 is 5.11. The fraction of sp³-hybridized carbons (Fsp3) is 0.125. The van der Waals surface area contributed by atoms with Gasteiger partial charge in [0.15, 0.2) is 0 Å².